The molecule has 0 fully saturated rings. The van der Waals surface area contributed by atoms with Crippen LogP contribution in [0.1, 0.15) is 17.7 Å². The molecule has 0 spiro atoms. The highest BCUT2D eigenvalue weighted by Crippen LogP contribution is 2.25. The standard InChI is InChI=1S/C15H12N4O2S/c20-22(21,12-7-2-1-3-8-12)15-14-16-10-11-6-4-5-9-13(11)19(14)18-17-15/h1-3,5,7-10H,4,6H2. The van der Waals surface area contributed by atoms with E-state index in [0.29, 0.717) is 0 Å². The molecule has 0 atom stereocenters. The van der Waals surface area contributed by atoms with Crippen LogP contribution in [0.4, 0.5) is 0 Å². The van der Waals surface area contributed by atoms with Crippen LogP contribution in [0.5, 0.6) is 0 Å². The number of aryl methyl sites for hydroxylation is 1. The molecule has 0 radical (unpaired) electrons. The Bertz CT molecular complexity index is 991. The van der Waals surface area contributed by atoms with Crippen LogP contribution in [0.15, 0.2) is 52.5 Å². The highest BCUT2D eigenvalue weighted by Gasteiger charge is 2.26. The van der Waals surface area contributed by atoms with E-state index < -0.39 is 9.84 Å². The summed E-state index contributed by atoms with van der Waals surface area (Å²) in [5, 5.41) is 7.77. The van der Waals surface area contributed by atoms with Gasteiger partial charge in [0.15, 0.2) is 5.65 Å². The average Bonchev–Trinajstić information content (AvgIpc) is 3.01. The van der Waals surface area contributed by atoms with Gasteiger partial charge < -0.3 is 0 Å². The number of hydrogen-bond donors (Lipinski definition) is 0. The van der Waals surface area contributed by atoms with E-state index in [0.717, 1.165) is 24.1 Å². The second-order valence-corrected chi connectivity index (χ2v) is 6.92. The minimum Gasteiger partial charge on any atom is -0.234 e. The first-order valence-corrected chi connectivity index (χ1v) is 8.36. The summed E-state index contributed by atoms with van der Waals surface area (Å²) in [7, 11) is -3.73. The van der Waals surface area contributed by atoms with Crippen molar-refractivity contribution in [3.63, 3.8) is 0 Å². The Morgan fingerprint density at radius 3 is 2.77 bits per heavy atom. The fraction of sp³-hybridized carbons (Fsp3) is 0.133. The molecule has 1 aliphatic rings. The molecule has 2 heterocycles. The number of rotatable bonds is 2. The van der Waals surface area contributed by atoms with Gasteiger partial charge in [0, 0.05) is 6.20 Å². The van der Waals surface area contributed by atoms with E-state index in [1.807, 2.05) is 12.2 Å². The predicted octanol–water partition coefficient (Wildman–Crippen LogP) is 1.92. The van der Waals surface area contributed by atoms with Crippen LogP contribution < -0.4 is 0 Å². The highest BCUT2D eigenvalue weighted by atomic mass is 32.2. The molecule has 1 aliphatic carbocycles. The third kappa shape index (κ3) is 1.86. The van der Waals surface area contributed by atoms with E-state index in [1.54, 1.807) is 36.5 Å². The molecule has 22 heavy (non-hydrogen) atoms. The van der Waals surface area contributed by atoms with Gasteiger partial charge in [-0.1, -0.05) is 29.5 Å². The average molecular weight is 312 g/mol. The minimum absolute atomic E-state index is 0.111. The summed E-state index contributed by atoms with van der Waals surface area (Å²) < 4.78 is 26.9. The lowest BCUT2D eigenvalue weighted by atomic mass is 10.0. The van der Waals surface area contributed by atoms with Crippen molar-refractivity contribution in [2.75, 3.05) is 0 Å². The predicted molar refractivity (Wildman–Crippen MR) is 80.0 cm³/mol. The van der Waals surface area contributed by atoms with Crippen LogP contribution in [0, 0.1) is 0 Å². The molecule has 0 aliphatic heterocycles. The SMILES string of the molecule is O=S(=O)(c1ccccc1)c1nnn2c3c(cnc12)CCC=C3. The Labute approximate surface area is 127 Å². The summed E-state index contributed by atoms with van der Waals surface area (Å²) in [5.74, 6) is 0. The lowest BCUT2D eigenvalue weighted by molar-refractivity contribution is 0.592. The number of sulfone groups is 1. The molecular formula is C15H12N4O2S. The van der Waals surface area contributed by atoms with Gasteiger partial charge in [-0.15, -0.1) is 5.10 Å². The molecule has 0 N–H and O–H groups in total. The maximum atomic E-state index is 12.7. The first-order chi connectivity index (χ1) is 10.7. The molecule has 0 saturated carbocycles. The lowest BCUT2D eigenvalue weighted by Gasteiger charge is -2.10. The second-order valence-electron chi connectivity index (χ2n) is 5.06. The van der Waals surface area contributed by atoms with Crippen LogP contribution in [0.25, 0.3) is 11.7 Å². The normalized spacial score (nSPS) is 14.2. The van der Waals surface area contributed by atoms with Gasteiger partial charge in [-0.25, -0.2) is 13.4 Å². The van der Waals surface area contributed by atoms with Crippen molar-refractivity contribution >= 4 is 21.6 Å². The third-order valence-electron chi connectivity index (χ3n) is 3.68. The highest BCUT2D eigenvalue weighted by molar-refractivity contribution is 7.91. The summed E-state index contributed by atoms with van der Waals surface area (Å²) in [4.78, 5) is 4.46. The van der Waals surface area contributed by atoms with E-state index in [1.165, 1.54) is 4.52 Å². The zero-order valence-electron chi connectivity index (χ0n) is 11.5. The van der Waals surface area contributed by atoms with Crippen molar-refractivity contribution in [2.24, 2.45) is 0 Å². The molecular weight excluding hydrogens is 300 g/mol. The minimum atomic E-state index is -3.73. The third-order valence-corrected chi connectivity index (χ3v) is 5.35. The summed E-state index contributed by atoms with van der Waals surface area (Å²) in [6.45, 7) is 0. The first kappa shape index (κ1) is 13.1. The Balaban J connectivity index is 1.97. The monoisotopic (exact) mass is 312 g/mol. The smallest absolute Gasteiger partial charge is 0.229 e. The van der Waals surface area contributed by atoms with Gasteiger partial charge in [0.2, 0.25) is 14.9 Å². The summed E-state index contributed by atoms with van der Waals surface area (Å²) >= 11 is 0. The molecule has 7 heteroatoms. The van der Waals surface area contributed by atoms with Crippen molar-refractivity contribution in [2.45, 2.75) is 22.8 Å². The number of aromatic nitrogens is 4. The summed E-state index contributed by atoms with van der Waals surface area (Å²) in [6, 6.07) is 8.20. The second kappa shape index (κ2) is 4.74. The molecule has 0 amide bonds. The van der Waals surface area contributed by atoms with E-state index >= 15 is 0 Å². The van der Waals surface area contributed by atoms with Crippen LogP contribution in [0.2, 0.25) is 0 Å². The van der Waals surface area contributed by atoms with Gasteiger partial charge in [-0.05, 0) is 36.6 Å². The molecule has 0 bridgehead atoms. The summed E-state index contributed by atoms with van der Waals surface area (Å²) in [6.07, 6.45) is 7.50. The fourth-order valence-electron chi connectivity index (χ4n) is 2.57. The van der Waals surface area contributed by atoms with E-state index in [-0.39, 0.29) is 15.6 Å². The summed E-state index contributed by atoms with van der Waals surface area (Å²) in [5.41, 5.74) is 2.15. The Hall–Kier alpha value is -2.54. The molecule has 4 rings (SSSR count). The molecule has 6 nitrogen and oxygen atoms in total. The quantitative estimate of drug-likeness (QED) is 0.722. The van der Waals surface area contributed by atoms with Crippen molar-refractivity contribution < 1.29 is 8.42 Å². The van der Waals surface area contributed by atoms with Gasteiger partial charge in [0.1, 0.15) is 0 Å². The van der Waals surface area contributed by atoms with Crippen LogP contribution in [-0.4, -0.2) is 28.2 Å². The van der Waals surface area contributed by atoms with Gasteiger partial charge >= 0.3 is 0 Å². The maximum absolute atomic E-state index is 12.7. The number of nitrogens with zero attached hydrogens (tertiary/aromatic N) is 4. The van der Waals surface area contributed by atoms with Crippen LogP contribution in [0.3, 0.4) is 0 Å². The van der Waals surface area contributed by atoms with Gasteiger partial charge in [0.05, 0.1) is 10.6 Å². The number of hydrogen-bond acceptors (Lipinski definition) is 5. The molecule has 3 aromatic rings. The largest absolute Gasteiger partial charge is 0.234 e. The van der Waals surface area contributed by atoms with E-state index in [2.05, 4.69) is 15.3 Å². The fourth-order valence-corrected chi connectivity index (χ4v) is 3.83. The van der Waals surface area contributed by atoms with Crippen molar-refractivity contribution in [1.82, 2.24) is 19.8 Å². The zero-order valence-corrected chi connectivity index (χ0v) is 12.4. The van der Waals surface area contributed by atoms with Crippen LogP contribution in [-0.2, 0) is 16.3 Å². The Morgan fingerprint density at radius 1 is 1.14 bits per heavy atom. The maximum Gasteiger partial charge on any atom is 0.229 e. The van der Waals surface area contributed by atoms with E-state index in [9.17, 15) is 8.42 Å². The van der Waals surface area contributed by atoms with Gasteiger partial charge in [-0.2, -0.15) is 4.52 Å². The van der Waals surface area contributed by atoms with E-state index in [4.69, 9.17) is 0 Å². The van der Waals surface area contributed by atoms with Crippen molar-refractivity contribution in [1.29, 1.82) is 0 Å². The molecule has 1 aromatic carbocycles. The molecule has 110 valence electrons. The topological polar surface area (TPSA) is 77.2 Å². The zero-order chi connectivity index (χ0) is 15.2. The van der Waals surface area contributed by atoms with Crippen LogP contribution >= 0.6 is 0 Å². The Kier molecular flexibility index (Phi) is 2.83. The van der Waals surface area contributed by atoms with Gasteiger partial charge in [-0.3, -0.25) is 0 Å². The number of allylic oxidation sites excluding steroid dienone is 1. The molecule has 2 aromatic heterocycles. The number of fused-ring (bicyclic) bond motifs is 3. The first-order valence-electron chi connectivity index (χ1n) is 6.88. The van der Waals surface area contributed by atoms with Gasteiger partial charge in [0.25, 0.3) is 0 Å². The van der Waals surface area contributed by atoms with Crippen molar-refractivity contribution in [3.05, 3.63) is 53.9 Å². The number of benzene rings is 1. The molecule has 0 saturated heterocycles. The van der Waals surface area contributed by atoms with Crippen molar-refractivity contribution in [3.8, 4) is 0 Å². The molecule has 0 unspecified atom stereocenters. The lowest BCUT2D eigenvalue weighted by Crippen LogP contribution is -2.06. The Morgan fingerprint density at radius 2 is 1.95 bits per heavy atom.